The average molecular weight is 366 g/mol. The van der Waals surface area contributed by atoms with E-state index in [1.807, 2.05) is 30.9 Å². The Morgan fingerprint density at radius 1 is 1.32 bits per heavy atom. The molecule has 0 spiro atoms. The van der Waals surface area contributed by atoms with Gasteiger partial charge >= 0.3 is 0 Å². The highest BCUT2D eigenvalue weighted by molar-refractivity contribution is 8.00. The normalized spacial score (nSPS) is 20.4. The molecule has 1 unspecified atom stereocenters. The van der Waals surface area contributed by atoms with Gasteiger partial charge in [-0.2, -0.15) is 11.8 Å². The summed E-state index contributed by atoms with van der Waals surface area (Å²) in [6, 6.07) is 6.04. The van der Waals surface area contributed by atoms with Crippen molar-refractivity contribution in [1.29, 1.82) is 0 Å². The van der Waals surface area contributed by atoms with Crippen molar-refractivity contribution < 1.29 is 9.47 Å². The molecule has 0 radical (unpaired) electrons. The molecule has 2 N–H and O–H groups in total. The number of aliphatic imine (C=N–C) groups is 1. The molecule has 1 aliphatic heterocycles. The monoisotopic (exact) mass is 365 g/mol. The van der Waals surface area contributed by atoms with E-state index in [4.69, 9.17) is 9.47 Å². The molecule has 0 aromatic heterocycles. The molecule has 1 aromatic rings. The summed E-state index contributed by atoms with van der Waals surface area (Å²) in [6.07, 6.45) is 3.55. The number of methoxy groups -OCH3 is 1. The second-order valence-corrected chi connectivity index (χ2v) is 8.20. The summed E-state index contributed by atoms with van der Waals surface area (Å²) in [7, 11) is 3.48. The van der Waals surface area contributed by atoms with E-state index < -0.39 is 0 Å². The molecule has 1 atom stereocenters. The second-order valence-electron chi connectivity index (χ2n) is 6.51. The fourth-order valence-corrected chi connectivity index (χ4v) is 4.05. The molecular formula is C19H31N3O2S. The van der Waals surface area contributed by atoms with E-state index >= 15 is 0 Å². The topological polar surface area (TPSA) is 54.9 Å². The number of ether oxygens (including phenoxy) is 2. The summed E-state index contributed by atoms with van der Waals surface area (Å²) in [5.41, 5.74) is 1.13. The number of hydrogen-bond acceptors (Lipinski definition) is 4. The van der Waals surface area contributed by atoms with Gasteiger partial charge in [0.15, 0.2) is 17.5 Å². The van der Waals surface area contributed by atoms with Crippen LogP contribution in [0.4, 0.5) is 0 Å². The first-order chi connectivity index (χ1) is 12.1. The van der Waals surface area contributed by atoms with E-state index in [0.717, 1.165) is 36.0 Å². The summed E-state index contributed by atoms with van der Waals surface area (Å²) in [6.45, 7) is 6.73. The van der Waals surface area contributed by atoms with E-state index in [2.05, 4.69) is 35.5 Å². The van der Waals surface area contributed by atoms with Crippen molar-refractivity contribution in [3.8, 4) is 11.5 Å². The number of hydrogen-bond donors (Lipinski definition) is 2. The van der Waals surface area contributed by atoms with Gasteiger partial charge < -0.3 is 20.1 Å². The van der Waals surface area contributed by atoms with Crippen LogP contribution in [-0.2, 0) is 6.54 Å². The lowest BCUT2D eigenvalue weighted by Gasteiger charge is -2.24. The van der Waals surface area contributed by atoms with Crippen molar-refractivity contribution >= 4 is 17.7 Å². The zero-order chi connectivity index (χ0) is 18.1. The van der Waals surface area contributed by atoms with Gasteiger partial charge in [-0.25, -0.2) is 0 Å². The highest BCUT2D eigenvalue weighted by Crippen LogP contribution is 2.36. The fourth-order valence-electron chi connectivity index (χ4n) is 2.81. The summed E-state index contributed by atoms with van der Waals surface area (Å²) < 4.78 is 11.5. The molecule has 1 fully saturated rings. The predicted molar refractivity (Wildman–Crippen MR) is 107 cm³/mol. The van der Waals surface area contributed by atoms with Gasteiger partial charge in [0.2, 0.25) is 0 Å². The van der Waals surface area contributed by atoms with E-state index in [0.29, 0.717) is 17.9 Å². The van der Waals surface area contributed by atoms with Gasteiger partial charge in [0.05, 0.1) is 13.7 Å². The van der Waals surface area contributed by atoms with Crippen molar-refractivity contribution in [3.05, 3.63) is 23.8 Å². The quantitative estimate of drug-likeness (QED) is 0.546. The van der Waals surface area contributed by atoms with E-state index in [1.54, 1.807) is 7.11 Å². The van der Waals surface area contributed by atoms with Crippen molar-refractivity contribution in [2.24, 2.45) is 4.99 Å². The van der Waals surface area contributed by atoms with Gasteiger partial charge in [0.1, 0.15) is 0 Å². The lowest BCUT2D eigenvalue weighted by atomic mass is 10.1. The highest BCUT2D eigenvalue weighted by Gasteiger charge is 2.29. The Bertz CT molecular complexity index is 572. The molecule has 0 aliphatic carbocycles. The zero-order valence-electron chi connectivity index (χ0n) is 15.9. The molecular weight excluding hydrogens is 334 g/mol. The van der Waals surface area contributed by atoms with Gasteiger partial charge in [-0.3, -0.25) is 4.99 Å². The van der Waals surface area contributed by atoms with Gasteiger partial charge in [-0.1, -0.05) is 13.0 Å². The van der Waals surface area contributed by atoms with Crippen molar-refractivity contribution in [1.82, 2.24) is 10.6 Å². The number of guanidine groups is 1. The molecule has 1 heterocycles. The van der Waals surface area contributed by atoms with Crippen LogP contribution in [0, 0.1) is 0 Å². The first-order valence-corrected chi connectivity index (χ1v) is 9.97. The molecule has 1 saturated heterocycles. The highest BCUT2D eigenvalue weighted by atomic mass is 32.2. The molecule has 2 rings (SSSR count). The minimum absolute atomic E-state index is 0.319. The van der Waals surface area contributed by atoms with Crippen LogP contribution < -0.4 is 20.1 Å². The van der Waals surface area contributed by atoms with Crippen molar-refractivity contribution in [2.75, 3.05) is 33.1 Å². The number of thioether (sulfide) groups is 1. The van der Waals surface area contributed by atoms with Crippen molar-refractivity contribution in [3.63, 3.8) is 0 Å². The molecule has 0 saturated carbocycles. The van der Waals surface area contributed by atoms with Crippen LogP contribution in [0.25, 0.3) is 0 Å². The van der Waals surface area contributed by atoms with E-state index in [9.17, 15) is 0 Å². The third kappa shape index (κ3) is 6.03. The summed E-state index contributed by atoms with van der Waals surface area (Å²) in [5, 5.41) is 6.83. The Labute approximate surface area is 156 Å². The molecule has 5 nitrogen and oxygen atoms in total. The number of benzene rings is 1. The lowest BCUT2D eigenvalue weighted by molar-refractivity contribution is 0.294. The van der Waals surface area contributed by atoms with Gasteiger partial charge in [0.25, 0.3) is 0 Å². The second kappa shape index (κ2) is 9.80. The van der Waals surface area contributed by atoms with Crippen molar-refractivity contribution in [2.45, 2.75) is 44.4 Å². The van der Waals surface area contributed by atoms with Gasteiger partial charge in [0, 0.05) is 24.9 Å². The Kier molecular flexibility index (Phi) is 7.75. The van der Waals surface area contributed by atoms with E-state index in [1.165, 1.54) is 18.6 Å². The third-order valence-electron chi connectivity index (χ3n) is 4.30. The zero-order valence-corrected chi connectivity index (χ0v) is 16.7. The number of nitrogens with zero attached hydrogens (tertiary/aromatic N) is 1. The van der Waals surface area contributed by atoms with Crippen LogP contribution in [0.3, 0.4) is 0 Å². The van der Waals surface area contributed by atoms with Crippen LogP contribution in [-0.4, -0.2) is 43.8 Å². The molecule has 0 bridgehead atoms. The summed E-state index contributed by atoms with van der Waals surface area (Å²) in [5.74, 6) is 3.66. The maximum absolute atomic E-state index is 5.70. The first kappa shape index (κ1) is 19.8. The number of rotatable bonds is 8. The Morgan fingerprint density at radius 3 is 2.80 bits per heavy atom. The Morgan fingerprint density at radius 2 is 2.16 bits per heavy atom. The molecule has 1 aromatic carbocycles. The van der Waals surface area contributed by atoms with Crippen LogP contribution in [0.15, 0.2) is 23.2 Å². The van der Waals surface area contributed by atoms with Gasteiger partial charge in [-0.05, 0) is 49.6 Å². The minimum Gasteiger partial charge on any atom is -0.493 e. The Balaban J connectivity index is 1.88. The van der Waals surface area contributed by atoms with Crippen LogP contribution in [0.5, 0.6) is 11.5 Å². The van der Waals surface area contributed by atoms with Gasteiger partial charge in [-0.15, -0.1) is 0 Å². The first-order valence-electron chi connectivity index (χ1n) is 8.98. The maximum atomic E-state index is 5.70. The summed E-state index contributed by atoms with van der Waals surface area (Å²) in [4.78, 5) is 4.33. The maximum Gasteiger partial charge on any atom is 0.191 e. The third-order valence-corrected chi connectivity index (χ3v) is 5.84. The molecule has 6 heteroatoms. The number of nitrogens with one attached hydrogen (secondary N) is 2. The fraction of sp³-hybridized carbons (Fsp3) is 0.632. The summed E-state index contributed by atoms with van der Waals surface area (Å²) >= 11 is 2.05. The van der Waals surface area contributed by atoms with Crippen LogP contribution in [0.2, 0.25) is 0 Å². The predicted octanol–water partition coefficient (Wildman–Crippen LogP) is 3.43. The molecule has 140 valence electrons. The SMILES string of the molecule is CCCOc1ccc(CNC(=NC)NCC2(C)CCCS2)cc1OC. The Hall–Kier alpha value is -1.56. The van der Waals surface area contributed by atoms with E-state index in [-0.39, 0.29) is 0 Å². The van der Waals surface area contributed by atoms with Crippen LogP contribution >= 0.6 is 11.8 Å². The largest absolute Gasteiger partial charge is 0.493 e. The average Bonchev–Trinajstić information content (AvgIpc) is 3.07. The van der Waals surface area contributed by atoms with Crippen LogP contribution in [0.1, 0.15) is 38.7 Å². The molecule has 0 amide bonds. The molecule has 25 heavy (non-hydrogen) atoms. The lowest BCUT2D eigenvalue weighted by Crippen LogP contribution is -2.43. The smallest absolute Gasteiger partial charge is 0.191 e. The molecule has 1 aliphatic rings. The minimum atomic E-state index is 0.319. The standard InChI is InChI=1S/C19H31N3O2S/c1-5-10-24-16-8-7-15(12-17(16)23-4)13-21-18(20-3)22-14-19(2)9-6-11-25-19/h7-8,12H,5-6,9-11,13-14H2,1-4H3,(H2,20,21,22).